The molecule has 2 saturated heterocycles. The van der Waals surface area contributed by atoms with Crippen molar-refractivity contribution >= 4 is 87.0 Å². The molecule has 5 amide bonds. The number of anilines is 1. The molecule has 6 rings (SSSR count). The van der Waals surface area contributed by atoms with Gasteiger partial charge in [0.15, 0.2) is 16.3 Å². The minimum absolute atomic E-state index is 0.0183. The van der Waals surface area contributed by atoms with Gasteiger partial charge in [0.1, 0.15) is 17.1 Å². The number of carbonyl (C=O) groups excluding carboxylic acids is 6. The van der Waals surface area contributed by atoms with Crippen LogP contribution < -0.4 is 43.1 Å². The second-order valence-electron chi connectivity index (χ2n) is 18.5. The summed E-state index contributed by atoms with van der Waals surface area (Å²) in [5, 5.41) is 38.6. The van der Waals surface area contributed by atoms with Gasteiger partial charge < -0.3 is 66.5 Å². The number of amides is 5. The fourth-order valence-corrected chi connectivity index (χ4v) is 10.8. The first-order valence-electron chi connectivity index (χ1n) is 25.5. The number of unbranched alkanes of at least 4 members (excludes halogenated alkanes) is 1. The lowest BCUT2D eigenvalue weighted by Gasteiger charge is -2.18. The Kier molecular flexibility index (Phi) is 23.3. The number of thioether (sulfide) groups is 1. The van der Waals surface area contributed by atoms with Crippen LogP contribution in [-0.4, -0.2) is 139 Å². The number of nitrogens with one attached hydrogen (secondary N) is 6. The lowest BCUT2D eigenvalue weighted by molar-refractivity contribution is -0.129. The standard InChI is InChI=1S/C53H67N7O14S2/c54-45(64)15-13-40(41(63)14-16-47(66)56-19-4-22-72-24-26-73-25-23-71-21-3-18-55-46(65)6-2-1-5-44-51-32(31-76-44)27-49(68)60-51)59-48(67)17-20-57-53(75)58-33-7-10-36(39(28-33)52(69)70)50-37-11-8-34(61)29-42(37)74-43-30-35(62)9-12-38(43)50/h7-12,28-30,32,40,44,51,61H,1-6,13-27,31H2,(H2,54,64)(H,55,65)(H,56,66)(H,59,67)(H,60,68)(H,69,70)(H2,57,58,75)/t32-,40?,44+,51-/m0/s1. The van der Waals surface area contributed by atoms with E-state index in [9.17, 15) is 48.6 Å². The third-order valence-electron chi connectivity index (χ3n) is 12.8. The summed E-state index contributed by atoms with van der Waals surface area (Å²) >= 11 is 7.35. The second-order valence-corrected chi connectivity index (χ2v) is 20.2. The van der Waals surface area contributed by atoms with E-state index in [0.717, 1.165) is 25.0 Å². The predicted octanol–water partition coefficient (Wildman–Crippen LogP) is 3.99. The van der Waals surface area contributed by atoms with Crippen LogP contribution in [0.1, 0.15) is 87.4 Å². The molecule has 2 aromatic carbocycles. The minimum atomic E-state index is -1.25. The van der Waals surface area contributed by atoms with Crippen LogP contribution in [0.3, 0.4) is 0 Å². The molecule has 0 bridgehead atoms. The lowest BCUT2D eigenvalue weighted by atomic mass is 9.90. The van der Waals surface area contributed by atoms with Gasteiger partial charge in [-0.05, 0) is 98.0 Å². The number of nitrogens with two attached hydrogens (primary N) is 1. The summed E-state index contributed by atoms with van der Waals surface area (Å²) in [6.45, 7) is 3.32. The first kappa shape index (κ1) is 58.6. The normalized spacial score (nSPS) is 16.2. The number of hydrogen-bond acceptors (Lipinski definition) is 15. The van der Waals surface area contributed by atoms with E-state index >= 15 is 0 Å². The molecule has 23 heteroatoms. The number of thiocarbonyl (C=S) groups is 1. The highest BCUT2D eigenvalue weighted by molar-refractivity contribution is 8.00. The average Bonchev–Trinajstić information content (AvgIpc) is 3.97. The van der Waals surface area contributed by atoms with Gasteiger partial charge in [0.05, 0.1) is 38.0 Å². The van der Waals surface area contributed by atoms with Crippen molar-refractivity contribution in [2.45, 2.75) is 94.4 Å². The number of carbonyl (C=O) groups is 7. The van der Waals surface area contributed by atoms with Gasteiger partial charge in [-0.3, -0.25) is 33.6 Å². The molecule has 2 fully saturated rings. The Morgan fingerprint density at radius 3 is 2.17 bits per heavy atom. The number of aromatic hydroxyl groups is 1. The first-order valence-corrected chi connectivity index (χ1v) is 27.0. The highest BCUT2D eigenvalue weighted by atomic mass is 32.2. The van der Waals surface area contributed by atoms with E-state index in [4.69, 9.17) is 36.6 Å². The molecule has 2 aromatic rings. The van der Waals surface area contributed by atoms with E-state index in [1.807, 2.05) is 11.8 Å². The van der Waals surface area contributed by atoms with Gasteiger partial charge in [-0.25, -0.2) is 4.79 Å². The average molecular weight is 1090 g/mol. The van der Waals surface area contributed by atoms with Gasteiger partial charge >= 0.3 is 5.97 Å². The van der Waals surface area contributed by atoms with Crippen molar-refractivity contribution in [1.82, 2.24) is 26.6 Å². The Balaban J connectivity index is 0.789. The van der Waals surface area contributed by atoms with Crippen LogP contribution >= 0.6 is 24.0 Å². The maximum absolute atomic E-state index is 13.1. The van der Waals surface area contributed by atoms with Crippen molar-refractivity contribution in [3.05, 3.63) is 70.4 Å². The molecule has 3 heterocycles. The van der Waals surface area contributed by atoms with Crippen molar-refractivity contribution in [1.29, 1.82) is 0 Å². The molecule has 21 nitrogen and oxygen atoms in total. The Labute approximate surface area is 449 Å². The van der Waals surface area contributed by atoms with Gasteiger partial charge in [0.2, 0.25) is 29.5 Å². The predicted molar refractivity (Wildman–Crippen MR) is 289 cm³/mol. The summed E-state index contributed by atoms with van der Waals surface area (Å²) in [6.07, 6.45) is 4.52. The third-order valence-corrected chi connectivity index (χ3v) is 14.6. The molecule has 4 atom stereocenters. The number of Topliss-reactive ketones (excluding diaryl/α,β-unsaturated/α-hetero) is 1. The lowest BCUT2D eigenvalue weighted by Crippen LogP contribution is -2.43. The zero-order valence-electron chi connectivity index (χ0n) is 42.2. The molecule has 3 aliphatic heterocycles. The van der Waals surface area contributed by atoms with Gasteiger partial charge in [0, 0.05) is 117 Å². The van der Waals surface area contributed by atoms with Gasteiger partial charge in [0.25, 0.3) is 0 Å². The summed E-state index contributed by atoms with van der Waals surface area (Å²) < 4.78 is 22.6. The number of primary amides is 1. The Hall–Kier alpha value is -6.66. The van der Waals surface area contributed by atoms with Gasteiger partial charge in [-0.1, -0.05) is 12.5 Å². The fourth-order valence-electron chi connectivity index (χ4n) is 8.96. The largest absolute Gasteiger partial charge is 0.508 e. The van der Waals surface area contributed by atoms with Gasteiger partial charge in [-0.15, -0.1) is 0 Å². The number of aromatic carboxylic acids is 1. The van der Waals surface area contributed by atoms with Crippen LogP contribution in [0.15, 0.2) is 63.8 Å². The number of carboxylic acid groups (broad SMARTS) is 1. The Morgan fingerprint density at radius 1 is 0.763 bits per heavy atom. The molecule has 4 aliphatic rings. The summed E-state index contributed by atoms with van der Waals surface area (Å²) in [7, 11) is 0. The van der Waals surface area contributed by atoms with Crippen LogP contribution in [0, 0.1) is 5.92 Å². The highest BCUT2D eigenvalue weighted by Crippen LogP contribution is 2.43. The van der Waals surface area contributed by atoms with Crippen molar-refractivity contribution in [2.75, 3.05) is 70.3 Å². The number of phenolic OH excluding ortho intramolecular Hbond substituents is 1. The molecule has 0 radical (unpaired) electrons. The number of benzene rings is 3. The minimum Gasteiger partial charge on any atom is -0.508 e. The molecule has 0 spiro atoms. The Bertz CT molecular complexity index is 2720. The van der Waals surface area contributed by atoms with Crippen molar-refractivity contribution < 1.29 is 62.4 Å². The quantitative estimate of drug-likeness (QED) is 0.0185. The molecule has 0 aromatic heterocycles. The molecule has 0 saturated carbocycles. The second kappa shape index (κ2) is 30.2. The summed E-state index contributed by atoms with van der Waals surface area (Å²) in [4.78, 5) is 98.7. The highest BCUT2D eigenvalue weighted by Gasteiger charge is 2.42. The summed E-state index contributed by atoms with van der Waals surface area (Å²) in [5.74, 6) is -1.41. The number of hydrogen-bond donors (Lipinski definition) is 9. The topological polar surface area (TPSA) is 316 Å². The van der Waals surface area contributed by atoms with Crippen LogP contribution in [0.5, 0.6) is 5.75 Å². The van der Waals surface area contributed by atoms with Crippen molar-refractivity contribution in [2.24, 2.45) is 11.7 Å². The molecule has 1 unspecified atom stereocenters. The number of ether oxygens (including phenoxy) is 3. The van der Waals surface area contributed by atoms with Crippen LogP contribution in [0.4, 0.5) is 5.69 Å². The van der Waals surface area contributed by atoms with E-state index in [-0.39, 0.29) is 89.6 Å². The fraction of sp³-hybridized carbons (Fsp3) is 0.491. The Morgan fingerprint density at radius 2 is 1.46 bits per heavy atom. The maximum atomic E-state index is 13.1. The number of rotatable bonds is 33. The van der Waals surface area contributed by atoms with E-state index in [0.29, 0.717) is 123 Å². The number of phenols is 1. The van der Waals surface area contributed by atoms with Gasteiger partial charge in [-0.2, -0.15) is 11.8 Å². The maximum Gasteiger partial charge on any atom is 0.336 e. The van der Waals surface area contributed by atoms with E-state index in [1.54, 1.807) is 24.3 Å². The van der Waals surface area contributed by atoms with Crippen LogP contribution in [0.25, 0.3) is 33.4 Å². The first-order chi connectivity index (χ1) is 36.6. The van der Waals surface area contributed by atoms with Crippen molar-refractivity contribution in [3.8, 4) is 28.2 Å². The SMILES string of the molecule is NC(=O)CCC(NC(=O)CCNC(=S)Nc1ccc(-c2c3ccc(=O)cc-3oc3cc(O)ccc23)c(C(=O)O)c1)C(=O)CCC(=O)NCCCOCCOCCOCCCNC(=O)CCCC[C@H]1SC[C@@H]2CC(=O)N[C@@H]21. The zero-order chi connectivity index (χ0) is 54.4. The summed E-state index contributed by atoms with van der Waals surface area (Å²) in [6, 6.07) is 12.4. The van der Waals surface area contributed by atoms with E-state index < -0.39 is 29.6 Å². The smallest absolute Gasteiger partial charge is 0.336 e. The molecule has 1 aliphatic carbocycles. The van der Waals surface area contributed by atoms with Crippen LogP contribution in [0.2, 0.25) is 0 Å². The molecule has 10 N–H and O–H groups in total. The van der Waals surface area contributed by atoms with Crippen LogP contribution in [-0.2, 0) is 43.0 Å². The zero-order valence-corrected chi connectivity index (χ0v) is 43.9. The summed E-state index contributed by atoms with van der Waals surface area (Å²) in [5.41, 5.74) is 6.74. The molecule has 76 heavy (non-hydrogen) atoms. The monoisotopic (exact) mass is 1090 g/mol. The third kappa shape index (κ3) is 18.6. The van der Waals surface area contributed by atoms with E-state index in [2.05, 4.69) is 31.9 Å². The number of carboxylic acids is 1. The number of fused-ring (bicyclic) bond motifs is 3. The molecule has 410 valence electrons. The van der Waals surface area contributed by atoms with Crippen molar-refractivity contribution in [3.63, 3.8) is 0 Å². The molecular weight excluding hydrogens is 1020 g/mol. The molecular formula is C53H67N7O14S2. The number of ketones is 1. The van der Waals surface area contributed by atoms with E-state index in [1.165, 1.54) is 30.3 Å².